The van der Waals surface area contributed by atoms with Crippen LogP contribution in [0.2, 0.25) is 0 Å². The maximum atomic E-state index is 9.85. The van der Waals surface area contributed by atoms with Crippen LogP contribution in [-0.4, -0.2) is 57.2 Å². The van der Waals surface area contributed by atoms with E-state index in [-0.39, 0.29) is 0 Å². The van der Waals surface area contributed by atoms with Gasteiger partial charge in [-0.25, -0.2) is 4.79 Å². The number of nitrogens with two attached hydrogens (primary N) is 1. The molecule has 0 aliphatic rings. The summed E-state index contributed by atoms with van der Waals surface area (Å²) in [6.45, 7) is 3.60. The van der Waals surface area contributed by atoms with E-state index in [2.05, 4.69) is 28.1 Å². The Morgan fingerprint density at radius 1 is 1.00 bits per heavy atom. The Morgan fingerprint density at radius 2 is 1.39 bits per heavy atom. The van der Waals surface area contributed by atoms with Crippen molar-refractivity contribution < 1.29 is 9.28 Å². The topological polar surface area (TPSA) is 46.3 Å². The van der Waals surface area contributed by atoms with E-state index in [1.807, 2.05) is 0 Å². The van der Waals surface area contributed by atoms with Gasteiger partial charge in [-0.2, -0.15) is 0 Å². The van der Waals surface area contributed by atoms with Crippen molar-refractivity contribution in [3.8, 4) is 0 Å². The van der Waals surface area contributed by atoms with Crippen molar-refractivity contribution in [3.05, 3.63) is 0 Å². The van der Waals surface area contributed by atoms with Crippen LogP contribution in [0.5, 0.6) is 0 Å². The molecule has 0 aliphatic heterocycles. The van der Waals surface area contributed by atoms with Gasteiger partial charge < -0.3 is 15.1 Å². The van der Waals surface area contributed by atoms with Gasteiger partial charge in [-0.05, 0) is 12.8 Å². The molecule has 0 aromatic rings. The number of nitrogens with zero attached hydrogens (tertiary/aromatic N) is 2. The molecule has 0 bridgehead atoms. The lowest BCUT2D eigenvalue weighted by molar-refractivity contribution is -0.870. The van der Waals surface area contributed by atoms with Crippen LogP contribution < -0.4 is 5.73 Å². The van der Waals surface area contributed by atoms with Crippen LogP contribution in [-0.2, 0) is 0 Å². The van der Waals surface area contributed by atoms with Crippen LogP contribution in [0.4, 0.5) is 4.79 Å². The van der Waals surface area contributed by atoms with Gasteiger partial charge in [0.05, 0.1) is 27.7 Å². The lowest BCUT2D eigenvalue weighted by Gasteiger charge is -2.23. The van der Waals surface area contributed by atoms with Crippen LogP contribution in [0.3, 0.4) is 0 Å². The normalized spacial score (nSPS) is 10.6. The van der Waals surface area contributed by atoms with E-state index in [0.717, 1.165) is 4.48 Å². The molecule has 110 valence electrons. The summed E-state index contributed by atoms with van der Waals surface area (Å²) in [5.74, 6) is 0. The second-order valence-corrected chi connectivity index (χ2v) is 6.01. The fourth-order valence-corrected chi connectivity index (χ4v) is 1.37. The number of amides is 2. The first kappa shape index (κ1) is 19.6. The highest BCUT2D eigenvalue weighted by atomic mass is 16.2. The Morgan fingerprint density at radius 3 is 1.72 bits per heavy atom. The first-order valence-electron chi connectivity index (χ1n) is 6.98. The summed E-state index contributed by atoms with van der Waals surface area (Å²) in [6, 6.07) is -0.407. The first-order chi connectivity index (χ1) is 8.20. The van der Waals surface area contributed by atoms with Crippen LogP contribution >= 0.6 is 0 Å². The number of carbonyl (C=O) groups is 1. The van der Waals surface area contributed by atoms with Gasteiger partial charge in [-0.15, -0.1) is 0 Å². The average Bonchev–Trinajstić information content (AvgIpc) is 2.22. The summed E-state index contributed by atoms with van der Waals surface area (Å²) in [5.41, 5.74) is 4.72. The standard InChI is InChI=1S/C11H26N.C3H8N2O/c1-5-6-7-8-9-10-11-12(2,3)4;1-5(2)3(4)6/h5-11H2,1-4H3;1-2H3,(H2,4,6)/q+1;. The highest BCUT2D eigenvalue weighted by Crippen LogP contribution is 2.06. The molecule has 0 aliphatic carbocycles. The molecule has 0 aromatic heterocycles. The maximum Gasteiger partial charge on any atom is 0.314 e. The van der Waals surface area contributed by atoms with E-state index in [1.165, 1.54) is 50.0 Å². The van der Waals surface area contributed by atoms with Gasteiger partial charge in [0.15, 0.2) is 0 Å². The lowest BCUT2D eigenvalue weighted by atomic mass is 10.1. The molecular formula is C14H34N3O+. The largest absolute Gasteiger partial charge is 0.352 e. The third-order valence-electron chi connectivity index (χ3n) is 2.62. The first-order valence-corrected chi connectivity index (χ1v) is 6.98. The molecule has 4 heteroatoms. The minimum atomic E-state index is -0.407. The monoisotopic (exact) mass is 260 g/mol. The SMILES string of the molecule is CCCCCCCC[N+](C)(C)C.CN(C)C(N)=O. The summed E-state index contributed by atoms with van der Waals surface area (Å²) in [5, 5.41) is 0. The Balaban J connectivity index is 0. The van der Waals surface area contributed by atoms with Crippen LogP contribution in [0.25, 0.3) is 0 Å². The summed E-state index contributed by atoms with van der Waals surface area (Å²) < 4.78 is 1.12. The average molecular weight is 260 g/mol. The predicted octanol–water partition coefficient (Wildman–Crippen LogP) is 2.68. The number of hydrogen-bond acceptors (Lipinski definition) is 1. The molecule has 0 atom stereocenters. The molecule has 2 amide bonds. The van der Waals surface area contributed by atoms with E-state index in [9.17, 15) is 4.79 Å². The molecule has 4 nitrogen and oxygen atoms in total. The van der Waals surface area contributed by atoms with Gasteiger partial charge in [0.25, 0.3) is 0 Å². The zero-order valence-corrected chi connectivity index (χ0v) is 13.3. The number of quaternary nitrogens is 1. The molecule has 0 rings (SSSR count). The second kappa shape index (κ2) is 11.3. The van der Waals surface area contributed by atoms with Crippen molar-refractivity contribution in [2.45, 2.75) is 45.4 Å². The van der Waals surface area contributed by atoms with Crippen LogP contribution in [0.1, 0.15) is 45.4 Å². The van der Waals surface area contributed by atoms with Crippen LogP contribution in [0.15, 0.2) is 0 Å². The number of primary amides is 1. The fourth-order valence-electron chi connectivity index (χ4n) is 1.37. The minimum absolute atomic E-state index is 0.407. The summed E-state index contributed by atoms with van der Waals surface area (Å²) in [7, 11) is 10.0. The number of unbranched alkanes of at least 4 members (excludes halogenated alkanes) is 5. The molecule has 18 heavy (non-hydrogen) atoms. The molecule has 0 unspecified atom stereocenters. The predicted molar refractivity (Wildman–Crippen MR) is 79.5 cm³/mol. The fraction of sp³-hybridized carbons (Fsp3) is 0.929. The smallest absolute Gasteiger partial charge is 0.314 e. The van der Waals surface area contributed by atoms with Crippen molar-refractivity contribution in [2.75, 3.05) is 41.8 Å². The van der Waals surface area contributed by atoms with Gasteiger partial charge in [0.1, 0.15) is 0 Å². The van der Waals surface area contributed by atoms with Crippen molar-refractivity contribution >= 4 is 6.03 Å². The Hall–Kier alpha value is -0.770. The zero-order chi connectivity index (χ0) is 14.6. The van der Waals surface area contributed by atoms with Gasteiger partial charge in [-0.1, -0.05) is 32.6 Å². The van der Waals surface area contributed by atoms with E-state index < -0.39 is 6.03 Å². The molecule has 0 saturated heterocycles. The van der Waals surface area contributed by atoms with E-state index in [0.29, 0.717) is 0 Å². The molecule has 2 N–H and O–H groups in total. The Bertz CT molecular complexity index is 198. The van der Waals surface area contributed by atoms with Crippen molar-refractivity contribution in [2.24, 2.45) is 5.73 Å². The number of hydrogen-bond donors (Lipinski definition) is 1. The minimum Gasteiger partial charge on any atom is -0.352 e. The molecule has 0 saturated carbocycles. The van der Waals surface area contributed by atoms with Crippen molar-refractivity contribution in [1.82, 2.24) is 4.90 Å². The molecule has 0 radical (unpaired) electrons. The zero-order valence-electron chi connectivity index (χ0n) is 13.3. The quantitative estimate of drug-likeness (QED) is 0.555. The van der Waals surface area contributed by atoms with E-state index in [4.69, 9.17) is 5.73 Å². The second-order valence-electron chi connectivity index (χ2n) is 6.01. The molecule has 0 heterocycles. The van der Waals surface area contributed by atoms with Gasteiger partial charge in [0.2, 0.25) is 0 Å². The summed E-state index contributed by atoms with van der Waals surface area (Å²) >= 11 is 0. The third-order valence-corrected chi connectivity index (χ3v) is 2.62. The summed E-state index contributed by atoms with van der Waals surface area (Å²) in [6.07, 6.45) is 8.48. The molecule has 0 fully saturated rings. The lowest BCUT2D eigenvalue weighted by Crippen LogP contribution is -2.35. The van der Waals surface area contributed by atoms with Crippen molar-refractivity contribution in [3.63, 3.8) is 0 Å². The van der Waals surface area contributed by atoms with Gasteiger partial charge in [-0.3, -0.25) is 0 Å². The highest BCUT2D eigenvalue weighted by Gasteiger charge is 2.04. The molecule has 0 aromatic carbocycles. The number of carbonyl (C=O) groups excluding carboxylic acids is 1. The molecular weight excluding hydrogens is 226 g/mol. The van der Waals surface area contributed by atoms with Crippen LogP contribution in [0, 0.1) is 0 Å². The van der Waals surface area contributed by atoms with E-state index in [1.54, 1.807) is 14.1 Å². The third kappa shape index (κ3) is 20.6. The maximum absolute atomic E-state index is 9.85. The van der Waals surface area contributed by atoms with Gasteiger partial charge in [0, 0.05) is 14.1 Å². The van der Waals surface area contributed by atoms with E-state index >= 15 is 0 Å². The molecule has 0 spiro atoms. The number of rotatable bonds is 7. The number of urea groups is 1. The highest BCUT2D eigenvalue weighted by molar-refractivity contribution is 5.71. The van der Waals surface area contributed by atoms with Gasteiger partial charge >= 0.3 is 6.03 Å². The Kier molecular flexibility index (Phi) is 12.3. The van der Waals surface area contributed by atoms with Crippen molar-refractivity contribution in [1.29, 1.82) is 0 Å². The Labute approximate surface area is 114 Å². The summed E-state index contributed by atoms with van der Waals surface area (Å²) in [4.78, 5) is 11.2.